The first kappa shape index (κ1) is 15.8. The van der Waals surface area contributed by atoms with Crippen LogP contribution in [0.3, 0.4) is 0 Å². The molecule has 1 unspecified atom stereocenters. The lowest BCUT2D eigenvalue weighted by atomic mass is 10.1. The highest BCUT2D eigenvalue weighted by atomic mass is 35.5. The number of carbonyl (C=O) groups excluding carboxylic acids is 1. The monoisotopic (exact) mass is 320 g/mol. The Morgan fingerprint density at radius 2 is 2.10 bits per heavy atom. The van der Waals surface area contributed by atoms with Crippen LogP contribution in [0, 0.1) is 13.8 Å². The van der Waals surface area contributed by atoms with E-state index in [1.54, 1.807) is 13.8 Å². The molecule has 2 heterocycles. The highest BCUT2D eigenvalue weighted by Crippen LogP contribution is 2.31. The lowest BCUT2D eigenvalue weighted by molar-refractivity contribution is -0.192. The van der Waals surface area contributed by atoms with Gasteiger partial charge in [-0.1, -0.05) is 11.6 Å². The maximum atomic E-state index is 13.0. The van der Waals surface area contributed by atoms with Crippen LogP contribution < -0.4 is 0 Å². The molecule has 0 saturated carbocycles. The summed E-state index contributed by atoms with van der Waals surface area (Å²) in [7, 11) is 0. The summed E-state index contributed by atoms with van der Waals surface area (Å²) in [5, 5.41) is 18.6. The first-order chi connectivity index (χ1) is 9.66. The molecule has 0 spiro atoms. The maximum absolute atomic E-state index is 13.0. The van der Waals surface area contributed by atoms with E-state index in [0.717, 1.165) is 0 Å². The van der Waals surface area contributed by atoms with Gasteiger partial charge in [0.15, 0.2) is 0 Å². The number of hydrogen-bond acceptors (Lipinski definition) is 4. The maximum Gasteiger partial charge on any atom is 0.287 e. The van der Waals surface area contributed by atoms with Crippen molar-refractivity contribution in [3.05, 3.63) is 16.4 Å². The predicted molar refractivity (Wildman–Crippen MR) is 72.2 cm³/mol. The van der Waals surface area contributed by atoms with Gasteiger partial charge in [0.2, 0.25) is 5.72 Å². The second kappa shape index (κ2) is 5.34. The average Bonchev–Trinajstić information content (AvgIpc) is 2.83. The zero-order valence-corrected chi connectivity index (χ0v) is 12.5. The Morgan fingerprint density at radius 1 is 1.48 bits per heavy atom. The largest absolute Gasteiger partial charge is 0.364 e. The third-order valence-corrected chi connectivity index (χ3v) is 3.86. The number of nitrogens with zero attached hydrogens (tertiary/aromatic N) is 4. The smallest absolute Gasteiger partial charge is 0.287 e. The lowest BCUT2D eigenvalue weighted by Gasteiger charge is -2.30. The molecule has 0 saturated heterocycles. The van der Waals surface area contributed by atoms with E-state index in [-0.39, 0.29) is 18.7 Å². The molecule has 116 valence electrons. The number of aryl methyl sites for hydroxylation is 1. The molecule has 1 aromatic heterocycles. The van der Waals surface area contributed by atoms with Crippen LogP contribution in [-0.2, 0) is 11.3 Å². The molecule has 21 heavy (non-hydrogen) atoms. The Bertz CT molecular complexity index is 617. The third-order valence-electron chi connectivity index (χ3n) is 3.32. The summed E-state index contributed by atoms with van der Waals surface area (Å²) in [6.07, 6.45) is -3.50. The zero-order chi connectivity index (χ0) is 15.9. The molecular formula is C12H15ClF2N4O2. The van der Waals surface area contributed by atoms with E-state index in [4.69, 9.17) is 11.6 Å². The van der Waals surface area contributed by atoms with Crippen molar-refractivity contribution >= 4 is 23.2 Å². The van der Waals surface area contributed by atoms with Crippen molar-refractivity contribution in [1.82, 2.24) is 14.8 Å². The molecule has 0 fully saturated rings. The van der Waals surface area contributed by atoms with Gasteiger partial charge in [0.25, 0.3) is 12.3 Å². The second-order valence-corrected chi connectivity index (χ2v) is 5.42. The number of amides is 1. The van der Waals surface area contributed by atoms with Gasteiger partial charge in [-0.25, -0.2) is 8.78 Å². The number of hydrazone groups is 1. The molecular weight excluding hydrogens is 306 g/mol. The van der Waals surface area contributed by atoms with Gasteiger partial charge in [-0.15, -0.1) is 0 Å². The van der Waals surface area contributed by atoms with Gasteiger partial charge in [-0.3, -0.25) is 9.48 Å². The van der Waals surface area contributed by atoms with E-state index in [1.807, 2.05) is 0 Å². The molecule has 1 N–H and O–H groups in total. The van der Waals surface area contributed by atoms with Gasteiger partial charge in [0.05, 0.1) is 16.4 Å². The van der Waals surface area contributed by atoms with Crippen molar-refractivity contribution in [2.24, 2.45) is 5.10 Å². The molecule has 1 amide bonds. The molecule has 0 aliphatic carbocycles. The Labute approximate surface area is 125 Å². The molecule has 0 aromatic carbocycles. The van der Waals surface area contributed by atoms with Crippen molar-refractivity contribution in [1.29, 1.82) is 0 Å². The number of rotatable bonds is 3. The van der Waals surface area contributed by atoms with E-state index in [9.17, 15) is 18.7 Å². The summed E-state index contributed by atoms with van der Waals surface area (Å²) >= 11 is 5.97. The topological polar surface area (TPSA) is 70.7 Å². The molecule has 0 bridgehead atoms. The number of alkyl halides is 2. The fourth-order valence-corrected chi connectivity index (χ4v) is 2.34. The van der Waals surface area contributed by atoms with Crippen LogP contribution in [0.5, 0.6) is 0 Å². The molecule has 1 aliphatic heterocycles. The fourth-order valence-electron chi connectivity index (χ4n) is 2.21. The van der Waals surface area contributed by atoms with Gasteiger partial charge >= 0.3 is 0 Å². The minimum absolute atomic E-state index is 0.262. The van der Waals surface area contributed by atoms with E-state index in [1.165, 1.54) is 11.6 Å². The molecule has 1 aromatic rings. The van der Waals surface area contributed by atoms with Gasteiger partial charge in [0, 0.05) is 12.1 Å². The normalized spacial score (nSPS) is 22.1. The first-order valence-corrected chi connectivity index (χ1v) is 6.61. The van der Waals surface area contributed by atoms with Crippen molar-refractivity contribution in [3.63, 3.8) is 0 Å². The first-order valence-electron chi connectivity index (χ1n) is 6.24. The van der Waals surface area contributed by atoms with E-state index in [2.05, 4.69) is 10.2 Å². The van der Waals surface area contributed by atoms with Crippen molar-refractivity contribution in [2.45, 2.75) is 45.9 Å². The number of hydrogen-bond donors (Lipinski definition) is 1. The van der Waals surface area contributed by atoms with E-state index >= 15 is 0 Å². The zero-order valence-electron chi connectivity index (χ0n) is 11.8. The van der Waals surface area contributed by atoms with Crippen molar-refractivity contribution < 1.29 is 18.7 Å². The molecule has 1 aliphatic rings. The quantitative estimate of drug-likeness (QED) is 0.921. The number of aromatic nitrogens is 2. The third kappa shape index (κ3) is 2.65. The van der Waals surface area contributed by atoms with Crippen LogP contribution in [0.2, 0.25) is 5.02 Å². The summed E-state index contributed by atoms with van der Waals surface area (Å²) in [6, 6.07) is 0. The van der Waals surface area contributed by atoms with Crippen LogP contribution in [0.25, 0.3) is 0 Å². The van der Waals surface area contributed by atoms with Crippen LogP contribution in [-0.4, -0.2) is 43.7 Å². The van der Waals surface area contributed by atoms with E-state index in [0.29, 0.717) is 21.4 Å². The molecule has 1 atom stereocenters. The van der Waals surface area contributed by atoms with Crippen LogP contribution in [0.4, 0.5) is 8.78 Å². The number of halogens is 3. The van der Waals surface area contributed by atoms with Gasteiger partial charge < -0.3 is 5.11 Å². The molecule has 9 heteroatoms. The Kier molecular flexibility index (Phi) is 4.03. The lowest BCUT2D eigenvalue weighted by Crippen LogP contribution is -2.52. The molecule has 2 rings (SSSR count). The second-order valence-electron chi connectivity index (χ2n) is 5.04. The fraction of sp³-hybridized carbons (Fsp3) is 0.583. The van der Waals surface area contributed by atoms with Crippen LogP contribution in [0.15, 0.2) is 5.10 Å². The minimum Gasteiger partial charge on any atom is -0.364 e. The standard InChI is InChI=1S/C12H15ClF2N4O2/c1-6-4-12(21,11(14)15)19(16-6)9(20)5-18-8(3)10(13)7(2)17-18/h11,21H,4-5H2,1-3H3. The molecule has 6 nitrogen and oxygen atoms in total. The summed E-state index contributed by atoms with van der Waals surface area (Å²) in [5.74, 6) is -0.781. The highest BCUT2D eigenvalue weighted by molar-refractivity contribution is 6.31. The molecule has 0 radical (unpaired) electrons. The van der Waals surface area contributed by atoms with Crippen LogP contribution in [0.1, 0.15) is 24.7 Å². The van der Waals surface area contributed by atoms with Gasteiger partial charge in [0.1, 0.15) is 6.54 Å². The number of carbonyl (C=O) groups is 1. The Balaban J connectivity index is 2.25. The van der Waals surface area contributed by atoms with Gasteiger partial charge in [-0.05, 0) is 20.8 Å². The Hall–Kier alpha value is -1.54. The minimum atomic E-state index is -3.12. The predicted octanol–water partition coefficient (Wildman–Crippen LogP) is 1.72. The average molecular weight is 321 g/mol. The van der Waals surface area contributed by atoms with Crippen molar-refractivity contribution in [2.75, 3.05) is 0 Å². The SMILES string of the molecule is CC1=NN(C(=O)Cn2nc(C)c(Cl)c2C)C(O)(C(F)F)C1. The van der Waals surface area contributed by atoms with Gasteiger partial charge in [-0.2, -0.15) is 15.2 Å². The van der Waals surface area contributed by atoms with Crippen molar-refractivity contribution in [3.8, 4) is 0 Å². The Morgan fingerprint density at radius 3 is 2.57 bits per heavy atom. The highest BCUT2D eigenvalue weighted by Gasteiger charge is 2.50. The summed E-state index contributed by atoms with van der Waals surface area (Å²) in [6.45, 7) is 4.48. The number of aliphatic hydroxyl groups is 1. The summed E-state index contributed by atoms with van der Waals surface area (Å²) in [4.78, 5) is 12.2. The van der Waals surface area contributed by atoms with E-state index < -0.39 is 18.1 Å². The summed E-state index contributed by atoms with van der Waals surface area (Å²) < 4.78 is 27.4. The summed E-state index contributed by atoms with van der Waals surface area (Å²) in [5.41, 5.74) is -1.26. The van der Waals surface area contributed by atoms with Crippen LogP contribution >= 0.6 is 11.6 Å².